The molecule has 0 radical (unpaired) electrons. The van der Waals surface area contributed by atoms with Gasteiger partial charge in [-0.05, 0) is 54.3 Å². The Bertz CT molecular complexity index is 1310. The van der Waals surface area contributed by atoms with Gasteiger partial charge in [-0.15, -0.1) is 0 Å². The summed E-state index contributed by atoms with van der Waals surface area (Å²) in [4.78, 5) is 27.9. The molecule has 2 atom stereocenters. The molecule has 3 aliphatic rings. The molecule has 9 nitrogen and oxygen atoms in total. The molecule has 2 aromatic carbocycles. The number of halogens is 1. The summed E-state index contributed by atoms with van der Waals surface area (Å²) in [7, 11) is -4.31. The lowest BCUT2D eigenvalue weighted by Crippen LogP contribution is -2.49. The van der Waals surface area contributed by atoms with Gasteiger partial charge in [0.1, 0.15) is 17.1 Å². The molecule has 0 unspecified atom stereocenters. The van der Waals surface area contributed by atoms with Crippen molar-refractivity contribution in [2.24, 2.45) is 5.92 Å². The Labute approximate surface area is 202 Å². The van der Waals surface area contributed by atoms with Crippen LogP contribution in [0.1, 0.15) is 40.7 Å². The van der Waals surface area contributed by atoms with Gasteiger partial charge in [0, 0.05) is 25.6 Å². The average Bonchev–Trinajstić information content (AvgIpc) is 3.60. The molecule has 2 N–H and O–H groups in total. The summed E-state index contributed by atoms with van der Waals surface area (Å²) >= 11 is 0. The number of benzene rings is 2. The van der Waals surface area contributed by atoms with Crippen molar-refractivity contribution >= 4 is 27.6 Å². The maximum absolute atomic E-state index is 14.1. The molecule has 2 fully saturated rings. The SMILES string of the molecule is CCN1CCN(Cc2cc(F)ccc2S(=O)(=O)Nc2ccc3c(c2C(=O)O)OC[C@@H]2C[C@H]32)C(=O)C1. The monoisotopic (exact) mass is 503 g/mol. The number of carbonyl (C=O) groups is 2. The van der Waals surface area contributed by atoms with E-state index in [2.05, 4.69) is 4.72 Å². The maximum atomic E-state index is 14.1. The molecular formula is C24H26FN3O6S. The van der Waals surface area contributed by atoms with Crippen LogP contribution in [-0.2, 0) is 21.4 Å². The van der Waals surface area contributed by atoms with E-state index in [4.69, 9.17) is 4.74 Å². The fourth-order valence-corrected chi connectivity index (χ4v) is 6.17. The molecule has 1 aliphatic carbocycles. The summed E-state index contributed by atoms with van der Waals surface area (Å²) in [5.41, 5.74) is 0.515. The van der Waals surface area contributed by atoms with E-state index in [9.17, 15) is 27.5 Å². The van der Waals surface area contributed by atoms with Gasteiger partial charge in [0.2, 0.25) is 5.91 Å². The van der Waals surface area contributed by atoms with E-state index >= 15 is 0 Å². The zero-order valence-corrected chi connectivity index (χ0v) is 20.0. The molecule has 0 bridgehead atoms. The highest BCUT2D eigenvalue weighted by Crippen LogP contribution is 2.55. The van der Waals surface area contributed by atoms with Crippen LogP contribution in [0.3, 0.4) is 0 Å². The number of nitrogens with zero attached hydrogens (tertiary/aromatic N) is 2. The van der Waals surface area contributed by atoms with E-state index in [1.165, 1.54) is 11.0 Å². The summed E-state index contributed by atoms with van der Waals surface area (Å²) in [6, 6.07) is 6.37. The van der Waals surface area contributed by atoms with Crippen LogP contribution >= 0.6 is 0 Å². The van der Waals surface area contributed by atoms with Crippen LogP contribution in [0.15, 0.2) is 35.2 Å². The number of anilines is 1. The van der Waals surface area contributed by atoms with Gasteiger partial charge in [-0.1, -0.05) is 13.0 Å². The van der Waals surface area contributed by atoms with Crippen LogP contribution in [0.25, 0.3) is 0 Å². The van der Waals surface area contributed by atoms with Crippen molar-refractivity contribution in [1.82, 2.24) is 9.80 Å². The summed E-state index contributed by atoms with van der Waals surface area (Å²) in [6.45, 7) is 4.24. The zero-order chi connectivity index (χ0) is 24.9. The zero-order valence-electron chi connectivity index (χ0n) is 19.2. The average molecular weight is 504 g/mol. The first-order valence-electron chi connectivity index (χ1n) is 11.5. The minimum absolute atomic E-state index is 0.0768. The Morgan fingerprint density at radius 2 is 2.06 bits per heavy atom. The quantitative estimate of drug-likeness (QED) is 0.596. The first-order valence-corrected chi connectivity index (χ1v) is 13.0. The fourth-order valence-electron chi connectivity index (χ4n) is 4.88. The Balaban J connectivity index is 1.46. The molecule has 186 valence electrons. The summed E-state index contributed by atoms with van der Waals surface area (Å²) < 4.78 is 48.9. The number of sulfonamides is 1. The molecule has 35 heavy (non-hydrogen) atoms. The number of likely N-dealkylation sites (N-methyl/N-ethyl adjacent to an activating group) is 1. The lowest BCUT2D eigenvalue weighted by Gasteiger charge is -2.34. The number of hydrogen-bond acceptors (Lipinski definition) is 6. The number of rotatable bonds is 7. The standard InChI is InChI=1S/C24H26FN3O6S/c1-2-27-7-8-28(21(29)12-27)11-14-9-16(25)3-6-20(14)35(32,33)26-19-5-4-17-18-10-15(18)13-34-23(17)22(19)24(30)31/h3-6,9,15,18,26H,2,7-8,10-13H2,1H3,(H,30,31)/t15-,18-/m0/s1. The number of nitrogens with one attached hydrogen (secondary N) is 1. The largest absolute Gasteiger partial charge is 0.492 e. The van der Waals surface area contributed by atoms with E-state index in [-0.39, 0.29) is 52.4 Å². The number of carboxylic acids is 1. The van der Waals surface area contributed by atoms with Gasteiger partial charge in [-0.3, -0.25) is 14.4 Å². The second kappa shape index (κ2) is 8.80. The van der Waals surface area contributed by atoms with E-state index in [1.54, 1.807) is 6.07 Å². The lowest BCUT2D eigenvalue weighted by atomic mass is 10.0. The third-order valence-electron chi connectivity index (χ3n) is 6.93. The van der Waals surface area contributed by atoms with Crippen molar-refractivity contribution in [3.05, 3.63) is 52.8 Å². The van der Waals surface area contributed by atoms with Crippen LogP contribution in [0, 0.1) is 11.7 Å². The predicted octanol–water partition coefficient (Wildman–Crippen LogP) is 2.48. The molecule has 2 aromatic rings. The molecule has 2 aliphatic heterocycles. The molecule has 0 aromatic heterocycles. The normalized spacial score (nSPS) is 21.7. The Morgan fingerprint density at radius 3 is 2.77 bits per heavy atom. The van der Waals surface area contributed by atoms with Crippen molar-refractivity contribution in [3.8, 4) is 5.75 Å². The maximum Gasteiger partial charge on any atom is 0.341 e. The number of carbonyl (C=O) groups excluding carboxylic acids is 1. The Hall–Kier alpha value is -3.18. The van der Waals surface area contributed by atoms with Crippen molar-refractivity contribution in [2.45, 2.75) is 30.7 Å². The van der Waals surface area contributed by atoms with E-state index in [0.717, 1.165) is 36.7 Å². The Morgan fingerprint density at radius 1 is 1.26 bits per heavy atom. The van der Waals surface area contributed by atoms with Gasteiger partial charge >= 0.3 is 5.97 Å². The third-order valence-corrected chi connectivity index (χ3v) is 8.39. The number of ether oxygens (including phenoxy) is 1. The predicted molar refractivity (Wildman–Crippen MR) is 124 cm³/mol. The minimum atomic E-state index is -4.31. The molecule has 1 saturated heterocycles. The highest BCUT2D eigenvalue weighted by molar-refractivity contribution is 7.92. The van der Waals surface area contributed by atoms with Gasteiger partial charge in [0.25, 0.3) is 10.0 Å². The first kappa shape index (κ1) is 23.6. The van der Waals surface area contributed by atoms with Crippen molar-refractivity contribution < 1.29 is 32.2 Å². The number of carboxylic acid groups (broad SMARTS) is 1. The molecule has 11 heteroatoms. The highest BCUT2D eigenvalue weighted by atomic mass is 32.2. The van der Waals surface area contributed by atoms with Crippen molar-refractivity contribution in [2.75, 3.05) is 37.5 Å². The number of amides is 1. The van der Waals surface area contributed by atoms with Gasteiger partial charge in [0.05, 0.1) is 23.7 Å². The summed E-state index contributed by atoms with van der Waals surface area (Å²) in [5, 5.41) is 9.85. The number of fused-ring (bicyclic) bond motifs is 3. The number of hydrogen-bond donors (Lipinski definition) is 2. The summed E-state index contributed by atoms with van der Waals surface area (Å²) in [5.74, 6) is -1.32. The second-order valence-electron chi connectivity index (χ2n) is 9.17. The van der Waals surface area contributed by atoms with E-state index in [0.29, 0.717) is 25.6 Å². The van der Waals surface area contributed by atoms with Crippen LogP contribution in [-0.4, -0.2) is 68.0 Å². The van der Waals surface area contributed by atoms with E-state index < -0.39 is 21.8 Å². The van der Waals surface area contributed by atoms with Crippen molar-refractivity contribution in [1.29, 1.82) is 0 Å². The smallest absolute Gasteiger partial charge is 0.341 e. The fraction of sp³-hybridized carbons (Fsp3) is 0.417. The second-order valence-corrected chi connectivity index (χ2v) is 10.8. The van der Waals surface area contributed by atoms with Crippen molar-refractivity contribution in [3.63, 3.8) is 0 Å². The van der Waals surface area contributed by atoms with E-state index in [1.807, 2.05) is 11.8 Å². The molecular weight excluding hydrogens is 477 g/mol. The molecule has 2 heterocycles. The van der Waals surface area contributed by atoms with Crippen LogP contribution in [0.4, 0.5) is 10.1 Å². The molecule has 5 rings (SSSR count). The minimum Gasteiger partial charge on any atom is -0.492 e. The Kier molecular flexibility index (Phi) is 5.92. The topological polar surface area (TPSA) is 116 Å². The number of piperazine rings is 1. The van der Waals surface area contributed by atoms with Crippen LogP contribution in [0.5, 0.6) is 5.75 Å². The van der Waals surface area contributed by atoms with Gasteiger partial charge < -0.3 is 14.7 Å². The lowest BCUT2D eigenvalue weighted by molar-refractivity contribution is -0.136. The van der Waals surface area contributed by atoms with Gasteiger partial charge in [-0.25, -0.2) is 17.6 Å². The molecule has 0 spiro atoms. The first-order chi connectivity index (χ1) is 16.7. The highest BCUT2D eigenvalue weighted by Gasteiger charge is 2.45. The van der Waals surface area contributed by atoms with Gasteiger partial charge in [0.15, 0.2) is 0 Å². The van der Waals surface area contributed by atoms with Crippen LogP contribution < -0.4 is 9.46 Å². The summed E-state index contributed by atoms with van der Waals surface area (Å²) in [6.07, 6.45) is 0.918. The van der Waals surface area contributed by atoms with Crippen LogP contribution in [0.2, 0.25) is 0 Å². The number of aromatic carboxylic acids is 1. The molecule has 1 saturated carbocycles. The third kappa shape index (κ3) is 4.45. The van der Waals surface area contributed by atoms with Gasteiger partial charge in [-0.2, -0.15) is 0 Å². The molecule has 1 amide bonds.